The number of hydrogen-bond donors (Lipinski definition) is 0. The Morgan fingerprint density at radius 3 is 2.26 bits per heavy atom. The first-order valence-electron chi connectivity index (χ1n) is 10.1. The average molecular weight is 460 g/mol. The van der Waals surface area contributed by atoms with Crippen LogP contribution in [0.15, 0.2) is 53.1 Å². The van der Waals surface area contributed by atoms with Crippen LogP contribution in [0.2, 0.25) is 10.0 Å². The molecular formula is C23H23Cl2N3O3. The largest absolute Gasteiger partial charge is 0.489 e. The molecule has 0 radical (unpaired) electrons. The summed E-state index contributed by atoms with van der Waals surface area (Å²) < 4.78 is 11.1. The van der Waals surface area contributed by atoms with E-state index in [2.05, 4.69) is 10.1 Å². The fraction of sp³-hybridized carbons (Fsp3) is 0.304. The molecule has 0 atom stereocenters. The van der Waals surface area contributed by atoms with Gasteiger partial charge in [0.1, 0.15) is 18.1 Å². The summed E-state index contributed by atoms with van der Waals surface area (Å²) in [4.78, 5) is 17.2. The maximum absolute atomic E-state index is 13.1. The van der Waals surface area contributed by atoms with Crippen LogP contribution in [-0.4, -0.2) is 47.0 Å². The van der Waals surface area contributed by atoms with Gasteiger partial charge in [0.05, 0.1) is 5.56 Å². The zero-order valence-corrected chi connectivity index (χ0v) is 18.7. The van der Waals surface area contributed by atoms with Gasteiger partial charge in [-0.15, -0.1) is 0 Å². The lowest BCUT2D eigenvalue weighted by Crippen LogP contribution is -2.48. The van der Waals surface area contributed by atoms with Crippen molar-refractivity contribution in [1.29, 1.82) is 0 Å². The molecule has 0 bridgehead atoms. The molecule has 0 saturated carbocycles. The van der Waals surface area contributed by atoms with Gasteiger partial charge in [-0.25, -0.2) is 0 Å². The molecule has 0 unspecified atom stereocenters. The Morgan fingerprint density at radius 2 is 1.61 bits per heavy atom. The standard InChI is InChI=1S/C23H23Cl2N3O3/c1-16-21(15-30-20-8-6-19(25)7-9-20)22(26-31-16)23(29)28-12-10-27(11-13-28)14-17-2-4-18(24)5-3-17/h2-9H,10-15H2,1H3. The van der Waals surface area contributed by atoms with Crippen molar-refractivity contribution in [3.05, 3.63) is 81.2 Å². The summed E-state index contributed by atoms with van der Waals surface area (Å²) in [7, 11) is 0. The van der Waals surface area contributed by atoms with E-state index in [0.29, 0.717) is 40.9 Å². The number of benzene rings is 2. The van der Waals surface area contributed by atoms with E-state index in [1.807, 2.05) is 29.2 Å². The summed E-state index contributed by atoms with van der Waals surface area (Å²) in [5.41, 5.74) is 2.19. The van der Waals surface area contributed by atoms with E-state index >= 15 is 0 Å². The van der Waals surface area contributed by atoms with E-state index in [0.717, 1.165) is 24.7 Å². The molecule has 31 heavy (non-hydrogen) atoms. The number of aromatic nitrogens is 1. The molecule has 3 aromatic rings. The summed E-state index contributed by atoms with van der Waals surface area (Å²) in [6, 6.07) is 14.9. The van der Waals surface area contributed by atoms with Gasteiger partial charge in [0.2, 0.25) is 0 Å². The lowest BCUT2D eigenvalue weighted by molar-refractivity contribution is 0.0616. The number of nitrogens with zero attached hydrogens (tertiary/aromatic N) is 3. The first kappa shape index (κ1) is 21.7. The number of carbonyl (C=O) groups excluding carboxylic acids is 1. The minimum atomic E-state index is -0.127. The molecule has 0 spiro atoms. The van der Waals surface area contributed by atoms with Gasteiger partial charge in [-0.05, 0) is 48.9 Å². The highest BCUT2D eigenvalue weighted by molar-refractivity contribution is 6.30. The third-order valence-corrected chi connectivity index (χ3v) is 5.87. The molecule has 1 aliphatic heterocycles. The molecule has 1 aliphatic rings. The lowest BCUT2D eigenvalue weighted by Gasteiger charge is -2.34. The number of ether oxygens (including phenoxy) is 1. The van der Waals surface area contributed by atoms with Crippen molar-refractivity contribution in [2.24, 2.45) is 0 Å². The fourth-order valence-electron chi connectivity index (χ4n) is 3.52. The molecule has 4 rings (SSSR count). The Kier molecular flexibility index (Phi) is 6.80. The van der Waals surface area contributed by atoms with Gasteiger partial charge in [-0.1, -0.05) is 40.5 Å². The zero-order valence-electron chi connectivity index (χ0n) is 17.2. The molecule has 1 saturated heterocycles. The maximum atomic E-state index is 13.1. The van der Waals surface area contributed by atoms with Crippen LogP contribution in [0.25, 0.3) is 0 Å². The van der Waals surface area contributed by atoms with Gasteiger partial charge in [0, 0.05) is 42.8 Å². The first-order chi connectivity index (χ1) is 15.0. The van der Waals surface area contributed by atoms with Gasteiger partial charge in [-0.3, -0.25) is 9.69 Å². The van der Waals surface area contributed by atoms with Crippen molar-refractivity contribution < 1.29 is 14.1 Å². The van der Waals surface area contributed by atoms with Crippen molar-refractivity contribution in [1.82, 2.24) is 15.0 Å². The van der Waals surface area contributed by atoms with Crippen LogP contribution in [0, 0.1) is 6.92 Å². The molecule has 2 aromatic carbocycles. The van der Waals surface area contributed by atoms with Crippen LogP contribution in [0.5, 0.6) is 5.75 Å². The number of carbonyl (C=O) groups is 1. The SMILES string of the molecule is Cc1onc(C(=O)N2CCN(Cc3ccc(Cl)cc3)CC2)c1COc1ccc(Cl)cc1. The fourth-order valence-corrected chi connectivity index (χ4v) is 3.77. The number of piperazine rings is 1. The quantitative estimate of drug-likeness (QED) is 0.528. The van der Waals surface area contributed by atoms with Crippen LogP contribution >= 0.6 is 23.2 Å². The summed E-state index contributed by atoms with van der Waals surface area (Å²) in [5.74, 6) is 1.12. The smallest absolute Gasteiger partial charge is 0.276 e. The highest BCUT2D eigenvalue weighted by Gasteiger charge is 2.28. The summed E-state index contributed by atoms with van der Waals surface area (Å²) in [6.07, 6.45) is 0. The highest BCUT2D eigenvalue weighted by atomic mass is 35.5. The molecule has 0 N–H and O–H groups in total. The average Bonchev–Trinajstić information content (AvgIpc) is 3.15. The van der Waals surface area contributed by atoms with Gasteiger partial charge in [0.25, 0.3) is 5.91 Å². The van der Waals surface area contributed by atoms with Crippen LogP contribution < -0.4 is 4.74 Å². The van der Waals surface area contributed by atoms with Crippen LogP contribution in [0.3, 0.4) is 0 Å². The van der Waals surface area contributed by atoms with Gasteiger partial charge >= 0.3 is 0 Å². The Balaban J connectivity index is 1.35. The lowest BCUT2D eigenvalue weighted by atomic mass is 10.1. The second kappa shape index (κ2) is 9.73. The highest BCUT2D eigenvalue weighted by Crippen LogP contribution is 2.21. The summed E-state index contributed by atoms with van der Waals surface area (Å²) in [6.45, 7) is 5.68. The minimum absolute atomic E-state index is 0.127. The summed E-state index contributed by atoms with van der Waals surface area (Å²) in [5, 5.41) is 5.39. The Labute approximate surface area is 191 Å². The predicted molar refractivity (Wildman–Crippen MR) is 120 cm³/mol. The third kappa shape index (κ3) is 5.39. The number of hydrogen-bond acceptors (Lipinski definition) is 5. The molecule has 1 aromatic heterocycles. The van der Waals surface area contributed by atoms with E-state index in [4.69, 9.17) is 32.5 Å². The van der Waals surface area contributed by atoms with Crippen molar-refractivity contribution in [2.45, 2.75) is 20.1 Å². The van der Waals surface area contributed by atoms with Crippen molar-refractivity contribution >= 4 is 29.1 Å². The van der Waals surface area contributed by atoms with E-state index < -0.39 is 0 Å². The molecule has 1 fully saturated rings. The van der Waals surface area contributed by atoms with Gasteiger partial charge in [0.15, 0.2) is 5.69 Å². The number of halogens is 2. The number of rotatable bonds is 6. The van der Waals surface area contributed by atoms with Crippen LogP contribution in [0.4, 0.5) is 0 Å². The molecule has 2 heterocycles. The van der Waals surface area contributed by atoms with Crippen LogP contribution in [0.1, 0.15) is 27.4 Å². The molecule has 0 aliphatic carbocycles. The molecule has 6 nitrogen and oxygen atoms in total. The van der Waals surface area contributed by atoms with E-state index in [9.17, 15) is 4.79 Å². The second-order valence-electron chi connectivity index (χ2n) is 7.50. The molecule has 8 heteroatoms. The van der Waals surface area contributed by atoms with Gasteiger partial charge in [-0.2, -0.15) is 0 Å². The van der Waals surface area contributed by atoms with Gasteiger partial charge < -0.3 is 14.2 Å². The topological polar surface area (TPSA) is 58.8 Å². The normalized spacial score (nSPS) is 14.6. The number of amides is 1. The maximum Gasteiger partial charge on any atom is 0.276 e. The van der Waals surface area contributed by atoms with E-state index in [1.165, 1.54) is 5.56 Å². The number of aryl methyl sites for hydroxylation is 1. The summed E-state index contributed by atoms with van der Waals surface area (Å²) >= 11 is 11.9. The second-order valence-corrected chi connectivity index (χ2v) is 8.38. The van der Waals surface area contributed by atoms with E-state index in [1.54, 1.807) is 31.2 Å². The van der Waals surface area contributed by atoms with Crippen molar-refractivity contribution in [3.63, 3.8) is 0 Å². The third-order valence-electron chi connectivity index (χ3n) is 5.36. The monoisotopic (exact) mass is 459 g/mol. The van der Waals surface area contributed by atoms with E-state index in [-0.39, 0.29) is 12.5 Å². The van der Waals surface area contributed by atoms with Crippen molar-refractivity contribution in [3.8, 4) is 5.75 Å². The first-order valence-corrected chi connectivity index (χ1v) is 10.8. The molecule has 1 amide bonds. The molecule has 162 valence electrons. The molecular weight excluding hydrogens is 437 g/mol. The van der Waals surface area contributed by atoms with Crippen LogP contribution in [-0.2, 0) is 13.2 Å². The predicted octanol–water partition coefficient (Wildman–Crippen LogP) is 4.83. The Morgan fingerprint density at radius 1 is 1.00 bits per heavy atom. The Hall–Kier alpha value is -2.54. The zero-order chi connectivity index (χ0) is 21.8. The Bertz CT molecular complexity index is 1030. The van der Waals surface area contributed by atoms with Crippen molar-refractivity contribution in [2.75, 3.05) is 26.2 Å². The minimum Gasteiger partial charge on any atom is -0.489 e.